The highest BCUT2D eigenvalue weighted by Crippen LogP contribution is 2.26. The molecule has 0 bridgehead atoms. The molecule has 3 heterocycles. The van der Waals surface area contributed by atoms with Crippen LogP contribution in [0.25, 0.3) is 10.8 Å². The minimum Gasteiger partial charge on any atom is -0.506 e. The zero-order valence-electron chi connectivity index (χ0n) is 15.0. The molecule has 1 unspecified atom stereocenters. The zero-order chi connectivity index (χ0) is 19.3. The van der Waals surface area contributed by atoms with Gasteiger partial charge in [0.2, 0.25) is 5.88 Å². The topological polar surface area (TPSA) is 103 Å². The van der Waals surface area contributed by atoms with Crippen molar-refractivity contribution in [1.82, 2.24) is 9.97 Å². The van der Waals surface area contributed by atoms with E-state index in [-0.39, 0.29) is 23.5 Å². The maximum absolute atomic E-state index is 12.3. The number of aromatic hydroxyl groups is 1. The van der Waals surface area contributed by atoms with Crippen molar-refractivity contribution in [2.75, 3.05) is 31.7 Å². The van der Waals surface area contributed by atoms with Gasteiger partial charge in [0.15, 0.2) is 0 Å². The molecule has 2 N–H and O–H groups in total. The van der Waals surface area contributed by atoms with Crippen molar-refractivity contribution in [2.24, 2.45) is 0 Å². The van der Waals surface area contributed by atoms with Gasteiger partial charge in [-0.3, -0.25) is 4.79 Å². The van der Waals surface area contributed by atoms with Gasteiger partial charge in [0, 0.05) is 17.3 Å². The fourth-order valence-corrected chi connectivity index (χ4v) is 2.86. The summed E-state index contributed by atoms with van der Waals surface area (Å²) in [5.74, 6) is 0.150. The van der Waals surface area contributed by atoms with E-state index in [0.717, 1.165) is 10.8 Å². The zero-order valence-corrected chi connectivity index (χ0v) is 15.0. The van der Waals surface area contributed by atoms with Crippen LogP contribution in [0.1, 0.15) is 10.5 Å². The Morgan fingerprint density at radius 2 is 2.14 bits per heavy atom. The van der Waals surface area contributed by atoms with Gasteiger partial charge < -0.3 is 24.6 Å². The molecule has 1 aliphatic heterocycles. The molecule has 28 heavy (non-hydrogen) atoms. The molecule has 8 heteroatoms. The van der Waals surface area contributed by atoms with E-state index in [1.165, 1.54) is 18.3 Å². The van der Waals surface area contributed by atoms with Crippen molar-refractivity contribution in [3.63, 3.8) is 0 Å². The third-order valence-electron chi connectivity index (χ3n) is 4.26. The molecule has 4 rings (SSSR count). The van der Waals surface area contributed by atoms with Crippen LogP contribution in [0.4, 0.5) is 5.69 Å². The van der Waals surface area contributed by atoms with E-state index in [1.807, 2.05) is 18.2 Å². The number of hydrogen-bond acceptors (Lipinski definition) is 7. The number of carbonyl (C=O) groups excluding carboxylic acids is 1. The number of rotatable bonds is 5. The van der Waals surface area contributed by atoms with Crippen molar-refractivity contribution in [2.45, 2.75) is 6.10 Å². The van der Waals surface area contributed by atoms with Gasteiger partial charge in [0.25, 0.3) is 5.91 Å². The lowest BCUT2D eigenvalue weighted by Gasteiger charge is -2.22. The summed E-state index contributed by atoms with van der Waals surface area (Å²) in [6, 6.07) is 10.2. The molecule has 0 radical (unpaired) electrons. The van der Waals surface area contributed by atoms with Gasteiger partial charge in [0.1, 0.15) is 24.2 Å². The van der Waals surface area contributed by atoms with Gasteiger partial charge in [-0.2, -0.15) is 0 Å². The maximum Gasteiger partial charge on any atom is 0.274 e. The van der Waals surface area contributed by atoms with E-state index in [2.05, 4.69) is 15.3 Å². The smallest absolute Gasteiger partial charge is 0.274 e. The highest BCUT2D eigenvalue weighted by atomic mass is 16.6. The van der Waals surface area contributed by atoms with Crippen LogP contribution in [0.5, 0.6) is 11.6 Å². The molecule has 144 valence electrons. The Hall–Kier alpha value is -3.23. The average Bonchev–Trinajstić information content (AvgIpc) is 2.73. The second-order valence-electron chi connectivity index (χ2n) is 6.29. The van der Waals surface area contributed by atoms with Gasteiger partial charge in [-0.25, -0.2) is 9.97 Å². The number of carbonyl (C=O) groups is 1. The highest BCUT2D eigenvalue weighted by Gasteiger charge is 2.16. The molecule has 1 amide bonds. The van der Waals surface area contributed by atoms with Crippen molar-refractivity contribution in [3.8, 4) is 11.6 Å². The minimum absolute atomic E-state index is 0.00692. The fourth-order valence-electron chi connectivity index (χ4n) is 2.86. The van der Waals surface area contributed by atoms with E-state index >= 15 is 0 Å². The van der Waals surface area contributed by atoms with Crippen LogP contribution in [0.2, 0.25) is 0 Å². The molecule has 0 aliphatic carbocycles. The number of aromatic nitrogens is 2. The van der Waals surface area contributed by atoms with E-state index < -0.39 is 0 Å². The number of amides is 1. The summed E-state index contributed by atoms with van der Waals surface area (Å²) in [4.78, 5) is 20.5. The molecule has 1 aromatic carbocycles. The first-order chi connectivity index (χ1) is 13.7. The molecule has 1 saturated heterocycles. The molecule has 1 fully saturated rings. The number of fused-ring (bicyclic) bond motifs is 1. The fraction of sp³-hybridized carbons (Fsp3) is 0.250. The standard InChI is InChI=1S/C20H19N3O5/c24-15-2-4-18(22-10-15)19(25)23-14-1-3-17-13(9-14)5-6-21-20(17)28-12-16-11-26-7-8-27-16/h1-6,9-10,16,24H,7-8,11-12H2,(H,23,25). The molecule has 0 saturated carbocycles. The minimum atomic E-state index is -0.362. The van der Waals surface area contributed by atoms with Gasteiger partial charge >= 0.3 is 0 Å². The molecular weight excluding hydrogens is 362 g/mol. The van der Waals surface area contributed by atoms with Crippen LogP contribution in [0, 0.1) is 0 Å². The monoisotopic (exact) mass is 381 g/mol. The van der Waals surface area contributed by atoms with Crippen LogP contribution in [0.3, 0.4) is 0 Å². The summed E-state index contributed by atoms with van der Waals surface area (Å²) in [5.41, 5.74) is 0.833. The first-order valence-corrected chi connectivity index (χ1v) is 8.86. The summed E-state index contributed by atoms with van der Waals surface area (Å²) in [6.07, 6.45) is 2.77. The summed E-state index contributed by atoms with van der Waals surface area (Å²) in [5, 5.41) is 13.8. The van der Waals surface area contributed by atoms with Crippen LogP contribution in [-0.2, 0) is 9.47 Å². The quantitative estimate of drug-likeness (QED) is 0.699. The van der Waals surface area contributed by atoms with E-state index in [4.69, 9.17) is 14.2 Å². The predicted molar refractivity (Wildman–Crippen MR) is 102 cm³/mol. The Bertz CT molecular complexity index is 971. The van der Waals surface area contributed by atoms with Crippen molar-refractivity contribution in [1.29, 1.82) is 0 Å². The maximum atomic E-state index is 12.3. The summed E-state index contributed by atoms with van der Waals surface area (Å²) < 4.78 is 16.8. The van der Waals surface area contributed by atoms with Crippen LogP contribution in [0.15, 0.2) is 48.8 Å². The van der Waals surface area contributed by atoms with Crippen molar-refractivity contribution >= 4 is 22.4 Å². The van der Waals surface area contributed by atoms with Crippen LogP contribution in [-0.4, -0.2) is 53.5 Å². The summed E-state index contributed by atoms with van der Waals surface area (Å²) in [7, 11) is 0. The average molecular weight is 381 g/mol. The van der Waals surface area contributed by atoms with Gasteiger partial charge in [-0.1, -0.05) is 0 Å². The second kappa shape index (κ2) is 8.20. The number of anilines is 1. The normalized spacial score (nSPS) is 16.6. The molecule has 8 nitrogen and oxygen atoms in total. The SMILES string of the molecule is O=C(Nc1ccc2c(OCC3COCCO3)nccc2c1)c1ccc(O)cn1. The predicted octanol–water partition coefficient (Wildman–Crippen LogP) is 2.38. The van der Waals surface area contributed by atoms with Crippen LogP contribution < -0.4 is 10.1 Å². The van der Waals surface area contributed by atoms with E-state index in [0.29, 0.717) is 38.0 Å². The molecule has 0 spiro atoms. The Kier molecular flexibility index (Phi) is 5.31. The third-order valence-corrected chi connectivity index (χ3v) is 4.26. The van der Waals surface area contributed by atoms with Gasteiger partial charge in [-0.15, -0.1) is 0 Å². The number of nitrogens with one attached hydrogen (secondary N) is 1. The molecule has 3 aromatic rings. The molecule has 1 atom stereocenters. The largest absolute Gasteiger partial charge is 0.506 e. The lowest BCUT2D eigenvalue weighted by molar-refractivity contribution is -0.101. The molecule has 1 aliphatic rings. The second-order valence-corrected chi connectivity index (χ2v) is 6.29. The number of nitrogens with zero attached hydrogens (tertiary/aromatic N) is 2. The number of pyridine rings is 2. The van der Waals surface area contributed by atoms with Gasteiger partial charge in [-0.05, 0) is 41.8 Å². The van der Waals surface area contributed by atoms with E-state index in [9.17, 15) is 9.90 Å². The first-order valence-electron chi connectivity index (χ1n) is 8.86. The lowest BCUT2D eigenvalue weighted by atomic mass is 10.1. The van der Waals surface area contributed by atoms with Gasteiger partial charge in [0.05, 0.1) is 26.0 Å². The van der Waals surface area contributed by atoms with E-state index in [1.54, 1.807) is 12.3 Å². The highest BCUT2D eigenvalue weighted by molar-refractivity contribution is 6.04. The Balaban J connectivity index is 1.48. The Labute approximate surface area is 161 Å². The summed E-state index contributed by atoms with van der Waals surface area (Å²) >= 11 is 0. The van der Waals surface area contributed by atoms with Crippen molar-refractivity contribution < 1.29 is 24.1 Å². The molecule has 2 aromatic heterocycles. The summed E-state index contributed by atoms with van der Waals surface area (Å²) in [6.45, 7) is 2.04. The Morgan fingerprint density at radius 1 is 1.21 bits per heavy atom. The lowest BCUT2D eigenvalue weighted by Crippen LogP contribution is -2.33. The Morgan fingerprint density at radius 3 is 2.93 bits per heavy atom. The van der Waals surface area contributed by atoms with Crippen LogP contribution >= 0.6 is 0 Å². The first kappa shape index (κ1) is 18.1. The number of benzene rings is 1. The molecular formula is C20H19N3O5. The third kappa shape index (κ3) is 4.19. The number of ether oxygens (including phenoxy) is 3. The van der Waals surface area contributed by atoms with Crippen molar-refractivity contribution in [3.05, 3.63) is 54.5 Å². The number of hydrogen-bond donors (Lipinski definition) is 2.